The number of aromatic nitrogens is 1. The fraction of sp³-hybridized carbons (Fsp3) is 0.458. The Morgan fingerprint density at radius 3 is 2.82 bits per heavy atom. The predicted molar refractivity (Wildman–Crippen MR) is 119 cm³/mol. The first-order valence-corrected chi connectivity index (χ1v) is 11.0. The Bertz CT molecular complexity index is 922. The van der Waals surface area contributed by atoms with Crippen LogP contribution in [0.4, 0.5) is 0 Å². The Morgan fingerprint density at radius 2 is 2.06 bits per heavy atom. The van der Waals surface area contributed by atoms with Crippen molar-refractivity contribution in [1.29, 1.82) is 0 Å². The number of aryl methyl sites for hydroxylation is 1. The summed E-state index contributed by atoms with van der Waals surface area (Å²) in [5.41, 5.74) is 0.989. The highest BCUT2D eigenvalue weighted by Crippen LogP contribution is 2.27. The number of ether oxygens (including phenoxy) is 4. The average Bonchev–Trinajstić information content (AvgIpc) is 2.88. The number of rotatable bonds is 8. The van der Waals surface area contributed by atoms with E-state index in [1.165, 1.54) is 24.9 Å². The van der Waals surface area contributed by atoms with Crippen LogP contribution in [-0.2, 0) is 25.4 Å². The fourth-order valence-corrected chi connectivity index (χ4v) is 3.51. The molecule has 1 aromatic heterocycles. The SMILES string of the molecule is COc1ccnc(C(=O)N[C@H]2COCC[C@@H](OCCCc3ccccc3)[C@H](C)OC2=O)c1O. The molecule has 0 unspecified atom stereocenters. The number of hydrogen-bond donors (Lipinski definition) is 2. The van der Waals surface area contributed by atoms with Crippen LogP contribution in [0.2, 0.25) is 0 Å². The zero-order chi connectivity index (χ0) is 23.6. The molecule has 1 aliphatic heterocycles. The Morgan fingerprint density at radius 1 is 1.27 bits per heavy atom. The van der Waals surface area contributed by atoms with Crippen molar-refractivity contribution < 1.29 is 33.6 Å². The predicted octanol–water partition coefficient (Wildman–Crippen LogP) is 2.26. The number of benzene rings is 1. The second kappa shape index (κ2) is 12.2. The van der Waals surface area contributed by atoms with Crippen molar-refractivity contribution in [2.24, 2.45) is 0 Å². The first-order chi connectivity index (χ1) is 16.0. The van der Waals surface area contributed by atoms with Crippen LogP contribution in [0.5, 0.6) is 11.5 Å². The molecule has 0 aliphatic carbocycles. The molecule has 0 radical (unpaired) electrons. The highest BCUT2D eigenvalue weighted by molar-refractivity contribution is 5.98. The highest BCUT2D eigenvalue weighted by Gasteiger charge is 2.31. The van der Waals surface area contributed by atoms with Crippen LogP contribution in [0.3, 0.4) is 0 Å². The van der Waals surface area contributed by atoms with Gasteiger partial charge in [0.25, 0.3) is 5.91 Å². The zero-order valence-corrected chi connectivity index (χ0v) is 18.9. The maximum absolute atomic E-state index is 12.7. The number of amides is 1. The molecule has 1 aliphatic rings. The van der Waals surface area contributed by atoms with E-state index in [1.807, 2.05) is 18.2 Å². The van der Waals surface area contributed by atoms with Gasteiger partial charge >= 0.3 is 5.97 Å². The van der Waals surface area contributed by atoms with Crippen LogP contribution in [0, 0.1) is 0 Å². The number of cyclic esters (lactones) is 1. The van der Waals surface area contributed by atoms with Gasteiger partial charge in [-0.15, -0.1) is 0 Å². The van der Waals surface area contributed by atoms with Crippen LogP contribution in [0.1, 0.15) is 35.8 Å². The minimum Gasteiger partial charge on any atom is -0.503 e. The Labute approximate surface area is 193 Å². The first-order valence-electron chi connectivity index (χ1n) is 11.0. The van der Waals surface area contributed by atoms with Gasteiger partial charge in [-0.3, -0.25) is 4.79 Å². The van der Waals surface area contributed by atoms with Crippen molar-refractivity contribution in [3.63, 3.8) is 0 Å². The van der Waals surface area contributed by atoms with E-state index in [9.17, 15) is 14.7 Å². The quantitative estimate of drug-likeness (QED) is 0.457. The smallest absolute Gasteiger partial charge is 0.331 e. The summed E-state index contributed by atoms with van der Waals surface area (Å²) in [4.78, 5) is 29.2. The summed E-state index contributed by atoms with van der Waals surface area (Å²) in [6.45, 7) is 2.57. The lowest BCUT2D eigenvalue weighted by molar-refractivity contribution is -0.158. The standard InChI is InChI=1S/C24H30N2O7/c1-16-19(32-13-6-9-17-7-4-3-5-8-17)11-14-31-15-18(24(29)33-16)26-23(28)21-22(27)20(30-2)10-12-25-21/h3-5,7-8,10,12,16,18-19,27H,6,9,11,13-15H2,1-2H3,(H,26,28)/t16-,18-,19+/m0/s1. The van der Waals surface area contributed by atoms with Gasteiger partial charge in [-0.2, -0.15) is 0 Å². The van der Waals surface area contributed by atoms with Gasteiger partial charge < -0.3 is 29.4 Å². The van der Waals surface area contributed by atoms with Crippen LogP contribution < -0.4 is 10.1 Å². The monoisotopic (exact) mass is 458 g/mol. The van der Waals surface area contributed by atoms with Crippen molar-refractivity contribution in [3.05, 3.63) is 53.9 Å². The molecule has 1 aromatic carbocycles. The third kappa shape index (κ3) is 6.90. The van der Waals surface area contributed by atoms with E-state index in [0.29, 0.717) is 19.6 Å². The summed E-state index contributed by atoms with van der Waals surface area (Å²) >= 11 is 0. The van der Waals surface area contributed by atoms with E-state index in [0.717, 1.165) is 12.8 Å². The normalized spacial score (nSPS) is 21.3. The van der Waals surface area contributed by atoms with Gasteiger partial charge in [0, 0.05) is 31.9 Å². The number of methoxy groups -OCH3 is 1. The van der Waals surface area contributed by atoms with Crippen LogP contribution >= 0.6 is 0 Å². The molecule has 9 nitrogen and oxygen atoms in total. The average molecular weight is 459 g/mol. The minimum absolute atomic E-state index is 0.0667. The largest absolute Gasteiger partial charge is 0.503 e. The highest BCUT2D eigenvalue weighted by atomic mass is 16.6. The van der Waals surface area contributed by atoms with E-state index in [-0.39, 0.29) is 24.2 Å². The molecule has 0 spiro atoms. The van der Waals surface area contributed by atoms with E-state index in [1.54, 1.807) is 6.92 Å². The van der Waals surface area contributed by atoms with E-state index < -0.39 is 29.8 Å². The van der Waals surface area contributed by atoms with Crippen molar-refractivity contribution in [1.82, 2.24) is 10.3 Å². The molecule has 1 amide bonds. The maximum Gasteiger partial charge on any atom is 0.331 e. The molecule has 3 rings (SSSR count). The zero-order valence-electron chi connectivity index (χ0n) is 18.9. The molecule has 2 aromatic rings. The van der Waals surface area contributed by atoms with Gasteiger partial charge in [0.2, 0.25) is 0 Å². The molecule has 2 heterocycles. The topological polar surface area (TPSA) is 116 Å². The lowest BCUT2D eigenvalue weighted by Gasteiger charge is -2.24. The third-order valence-electron chi connectivity index (χ3n) is 5.35. The number of nitrogens with one attached hydrogen (secondary N) is 1. The molecular weight excluding hydrogens is 428 g/mol. The molecule has 2 N–H and O–H groups in total. The second-order valence-electron chi connectivity index (χ2n) is 7.74. The van der Waals surface area contributed by atoms with Crippen molar-refractivity contribution in [2.75, 3.05) is 26.9 Å². The number of carbonyl (C=O) groups is 2. The molecule has 178 valence electrons. The van der Waals surface area contributed by atoms with E-state index >= 15 is 0 Å². The minimum atomic E-state index is -1.05. The first kappa shape index (κ1) is 24.5. The van der Waals surface area contributed by atoms with Gasteiger partial charge in [-0.25, -0.2) is 9.78 Å². The molecule has 0 saturated carbocycles. The Kier molecular flexibility index (Phi) is 9.03. The Hall–Kier alpha value is -3.17. The van der Waals surface area contributed by atoms with Crippen LogP contribution in [0.15, 0.2) is 42.6 Å². The van der Waals surface area contributed by atoms with Gasteiger partial charge in [0.1, 0.15) is 6.10 Å². The number of aromatic hydroxyl groups is 1. The summed E-state index contributed by atoms with van der Waals surface area (Å²) in [7, 11) is 1.36. The summed E-state index contributed by atoms with van der Waals surface area (Å²) in [5, 5.41) is 12.7. The van der Waals surface area contributed by atoms with E-state index in [4.69, 9.17) is 18.9 Å². The third-order valence-corrected chi connectivity index (χ3v) is 5.35. The Balaban J connectivity index is 1.54. The summed E-state index contributed by atoms with van der Waals surface area (Å²) < 4.78 is 22.1. The van der Waals surface area contributed by atoms with Gasteiger partial charge in [0.15, 0.2) is 23.2 Å². The number of pyridine rings is 1. The van der Waals surface area contributed by atoms with Crippen LogP contribution in [0.25, 0.3) is 0 Å². The maximum atomic E-state index is 12.7. The number of carbonyl (C=O) groups excluding carboxylic acids is 2. The molecule has 9 heteroatoms. The van der Waals surface area contributed by atoms with E-state index in [2.05, 4.69) is 22.4 Å². The number of nitrogens with zero attached hydrogens (tertiary/aromatic N) is 1. The molecule has 1 fully saturated rings. The lowest BCUT2D eigenvalue weighted by Crippen LogP contribution is -2.46. The summed E-state index contributed by atoms with van der Waals surface area (Å²) in [5.74, 6) is -1.69. The van der Waals surface area contributed by atoms with Gasteiger partial charge in [0.05, 0.1) is 19.8 Å². The molecule has 3 atom stereocenters. The number of hydrogen-bond acceptors (Lipinski definition) is 8. The van der Waals surface area contributed by atoms with Crippen molar-refractivity contribution >= 4 is 11.9 Å². The second-order valence-corrected chi connectivity index (χ2v) is 7.74. The summed E-state index contributed by atoms with van der Waals surface area (Å²) in [6, 6.07) is 10.5. The van der Waals surface area contributed by atoms with Crippen LogP contribution in [-0.4, -0.2) is 67.1 Å². The molecular formula is C24H30N2O7. The fourth-order valence-electron chi connectivity index (χ4n) is 3.51. The molecule has 33 heavy (non-hydrogen) atoms. The lowest BCUT2D eigenvalue weighted by atomic mass is 10.1. The summed E-state index contributed by atoms with van der Waals surface area (Å²) in [6.07, 6.45) is 2.79. The van der Waals surface area contributed by atoms with Crippen molar-refractivity contribution in [3.8, 4) is 11.5 Å². The molecule has 0 bridgehead atoms. The van der Waals surface area contributed by atoms with Crippen molar-refractivity contribution in [2.45, 2.75) is 44.4 Å². The number of esters is 1. The van der Waals surface area contributed by atoms with Gasteiger partial charge in [-0.05, 0) is 25.3 Å². The van der Waals surface area contributed by atoms with Gasteiger partial charge in [-0.1, -0.05) is 30.3 Å². The molecule has 1 saturated heterocycles.